The Labute approximate surface area is 155 Å². The van der Waals surface area contributed by atoms with Crippen molar-refractivity contribution in [1.82, 2.24) is 9.78 Å². The molecule has 0 spiro atoms. The molecular weight excluding hydrogens is 328 g/mol. The van der Waals surface area contributed by atoms with Gasteiger partial charge < -0.3 is 10.6 Å². The van der Waals surface area contributed by atoms with Crippen molar-refractivity contribution in [3.63, 3.8) is 0 Å². The fraction of sp³-hybridized carbons (Fsp3) is 0.450. The van der Waals surface area contributed by atoms with E-state index in [1.807, 2.05) is 25.5 Å². The maximum absolute atomic E-state index is 12.8. The number of carbonyl (C=O) groups excluding carboxylic acids is 2. The number of aryl methyl sites for hydroxylation is 2. The second-order valence-electron chi connectivity index (χ2n) is 6.42. The lowest BCUT2D eigenvalue weighted by Gasteiger charge is -2.12. The highest BCUT2D eigenvalue weighted by atomic mass is 16.2. The second kappa shape index (κ2) is 9.17. The van der Waals surface area contributed by atoms with Crippen molar-refractivity contribution in [2.45, 2.75) is 59.9 Å². The van der Waals surface area contributed by atoms with Crippen LogP contribution in [0.25, 0.3) is 0 Å². The zero-order valence-corrected chi connectivity index (χ0v) is 16.1. The van der Waals surface area contributed by atoms with Crippen LogP contribution in [0.3, 0.4) is 0 Å². The van der Waals surface area contributed by atoms with Crippen LogP contribution in [0.5, 0.6) is 0 Å². The van der Waals surface area contributed by atoms with Gasteiger partial charge in [0.05, 0.1) is 28.3 Å². The highest BCUT2D eigenvalue weighted by Gasteiger charge is 2.17. The third kappa shape index (κ3) is 4.71. The lowest BCUT2D eigenvalue weighted by molar-refractivity contribution is -0.116. The highest BCUT2D eigenvalue weighted by molar-refractivity contribution is 6.10. The molecule has 6 nitrogen and oxygen atoms in total. The van der Waals surface area contributed by atoms with Gasteiger partial charge in [-0.15, -0.1) is 0 Å². The molecule has 0 aliphatic carbocycles. The van der Waals surface area contributed by atoms with E-state index in [9.17, 15) is 9.59 Å². The van der Waals surface area contributed by atoms with E-state index in [4.69, 9.17) is 0 Å². The molecule has 0 unspecified atom stereocenters. The molecule has 0 bridgehead atoms. The molecule has 26 heavy (non-hydrogen) atoms. The minimum absolute atomic E-state index is 0.0903. The number of nitrogens with one attached hydrogen (secondary N) is 2. The van der Waals surface area contributed by atoms with Gasteiger partial charge in [0.25, 0.3) is 5.91 Å². The Morgan fingerprint density at radius 3 is 2.50 bits per heavy atom. The number of hydrogen-bond acceptors (Lipinski definition) is 3. The van der Waals surface area contributed by atoms with Gasteiger partial charge in [-0.2, -0.15) is 5.10 Å². The van der Waals surface area contributed by atoms with E-state index in [-0.39, 0.29) is 11.8 Å². The Morgan fingerprint density at radius 1 is 1.08 bits per heavy atom. The number of benzene rings is 1. The van der Waals surface area contributed by atoms with Gasteiger partial charge in [0.15, 0.2) is 0 Å². The summed E-state index contributed by atoms with van der Waals surface area (Å²) in [6, 6.07) is 7.04. The van der Waals surface area contributed by atoms with Gasteiger partial charge in [0, 0.05) is 13.0 Å². The summed E-state index contributed by atoms with van der Waals surface area (Å²) in [6.07, 6.45) is 3.32. The van der Waals surface area contributed by atoms with E-state index in [0.29, 0.717) is 17.7 Å². The second-order valence-corrected chi connectivity index (χ2v) is 6.42. The Morgan fingerprint density at radius 2 is 1.81 bits per heavy atom. The highest BCUT2D eigenvalue weighted by Crippen LogP contribution is 2.23. The average Bonchev–Trinajstić information content (AvgIpc) is 2.88. The summed E-state index contributed by atoms with van der Waals surface area (Å²) in [4.78, 5) is 24.7. The predicted molar refractivity (Wildman–Crippen MR) is 105 cm³/mol. The first kappa shape index (κ1) is 19.7. The van der Waals surface area contributed by atoms with E-state index >= 15 is 0 Å². The van der Waals surface area contributed by atoms with Crippen molar-refractivity contribution in [2.75, 3.05) is 10.6 Å². The maximum Gasteiger partial charge on any atom is 0.257 e. The summed E-state index contributed by atoms with van der Waals surface area (Å²) in [6.45, 7) is 8.76. The van der Waals surface area contributed by atoms with Gasteiger partial charge in [-0.05, 0) is 38.8 Å². The van der Waals surface area contributed by atoms with Crippen LogP contribution >= 0.6 is 0 Å². The van der Waals surface area contributed by atoms with Crippen LogP contribution in [-0.4, -0.2) is 21.6 Å². The number of unbranched alkanes of at least 4 members (excludes halogenated alkanes) is 1. The van der Waals surface area contributed by atoms with E-state index in [1.54, 1.807) is 24.3 Å². The van der Waals surface area contributed by atoms with E-state index in [0.717, 1.165) is 42.9 Å². The lowest BCUT2D eigenvalue weighted by Crippen LogP contribution is -2.18. The largest absolute Gasteiger partial charge is 0.325 e. The topological polar surface area (TPSA) is 76.0 Å². The van der Waals surface area contributed by atoms with Gasteiger partial charge in [-0.1, -0.05) is 32.4 Å². The van der Waals surface area contributed by atoms with Crippen LogP contribution in [0.2, 0.25) is 0 Å². The molecule has 0 saturated heterocycles. The molecule has 0 radical (unpaired) electrons. The minimum atomic E-state index is -0.251. The first-order valence-corrected chi connectivity index (χ1v) is 9.22. The molecule has 140 valence electrons. The van der Waals surface area contributed by atoms with Gasteiger partial charge in [0.1, 0.15) is 0 Å². The monoisotopic (exact) mass is 356 g/mol. The Bertz CT molecular complexity index is 780. The third-order valence-corrected chi connectivity index (χ3v) is 4.27. The SMILES string of the molecule is CCCCn1nc(C)c(NC(=O)c2ccccc2NC(=O)CCC)c1C. The van der Waals surface area contributed by atoms with E-state index in [2.05, 4.69) is 22.7 Å². The van der Waals surface area contributed by atoms with Crippen LogP contribution in [-0.2, 0) is 11.3 Å². The Kier molecular flexibility index (Phi) is 6.95. The molecule has 0 aliphatic rings. The minimum Gasteiger partial charge on any atom is -0.325 e. The number of carbonyl (C=O) groups is 2. The number of hydrogen-bond donors (Lipinski definition) is 2. The molecule has 1 aromatic carbocycles. The summed E-state index contributed by atoms with van der Waals surface area (Å²) in [5.41, 5.74) is 3.44. The molecule has 0 aliphatic heterocycles. The number of aromatic nitrogens is 2. The molecule has 2 aromatic rings. The number of anilines is 2. The van der Waals surface area contributed by atoms with Crippen molar-refractivity contribution < 1.29 is 9.59 Å². The Hall–Kier alpha value is -2.63. The van der Waals surface area contributed by atoms with Gasteiger partial charge in [-0.3, -0.25) is 14.3 Å². The molecule has 0 fully saturated rings. The van der Waals surface area contributed by atoms with Gasteiger partial charge in [-0.25, -0.2) is 0 Å². The predicted octanol–water partition coefficient (Wildman–Crippen LogP) is 4.29. The molecule has 1 aromatic heterocycles. The fourth-order valence-corrected chi connectivity index (χ4v) is 2.81. The quantitative estimate of drug-likeness (QED) is 0.741. The van der Waals surface area contributed by atoms with Crippen molar-refractivity contribution in [3.05, 3.63) is 41.2 Å². The van der Waals surface area contributed by atoms with Crippen molar-refractivity contribution in [2.24, 2.45) is 0 Å². The molecule has 2 rings (SSSR count). The number of rotatable bonds is 8. The summed E-state index contributed by atoms with van der Waals surface area (Å²) >= 11 is 0. The van der Waals surface area contributed by atoms with Crippen molar-refractivity contribution in [3.8, 4) is 0 Å². The average molecular weight is 356 g/mol. The Balaban J connectivity index is 2.21. The lowest BCUT2D eigenvalue weighted by atomic mass is 10.1. The first-order valence-electron chi connectivity index (χ1n) is 9.22. The maximum atomic E-state index is 12.8. The molecule has 6 heteroatoms. The normalized spacial score (nSPS) is 10.6. The van der Waals surface area contributed by atoms with Crippen molar-refractivity contribution in [1.29, 1.82) is 0 Å². The van der Waals surface area contributed by atoms with Crippen molar-refractivity contribution >= 4 is 23.2 Å². The van der Waals surface area contributed by atoms with Gasteiger partial charge >= 0.3 is 0 Å². The smallest absolute Gasteiger partial charge is 0.257 e. The summed E-state index contributed by atoms with van der Waals surface area (Å²) in [5, 5.41) is 10.3. The van der Waals surface area contributed by atoms with Crippen LogP contribution in [0, 0.1) is 13.8 Å². The zero-order valence-electron chi connectivity index (χ0n) is 16.1. The van der Waals surface area contributed by atoms with Crippen LogP contribution in [0.15, 0.2) is 24.3 Å². The molecular formula is C20H28N4O2. The van der Waals surface area contributed by atoms with Crippen LogP contribution in [0.4, 0.5) is 11.4 Å². The number of para-hydroxylation sites is 1. The molecule has 2 amide bonds. The molecule has 2 N–H and O–H groups in total. The van der Waals surface area contributed by atoms with E-state index in [1.165, 1.54) is 0 Å². The number of nitrogens with zero attached hydrogens (tertiary/aromatic N) is 2. The molecule has 0 atom stereocenters. The first-order chi connectivity index (χ1) is 12.5. The summed E-state index contributed by atoms with van der Waals surface area (Å²) in [7, 11) is 0. The molecule has 1 heterocycles. The molecule has 0 saturated carbocycles. The third-order valence-electron chi connectivity index (χ3n) is 4.27. The summed E-state index contributed by atoms with van der Waals surface area (Å²) in [5.74, 6) is -0.342. The fourth-order valence-electron chi connectivity index (χ4n) is 2.81. The van der Waals surface area contributed by atoms with Crippen LogP contribution in [0.1, 0.15) is 61.3 Å². The number of amides is 2. The summed E-state index contributed by atoms with van der Waals surface area (Å²) < 4.78 is 1.93. The van der Waals surface area contributed by atoms with E-state index < -0.39 is 0 Å². The van der Waals surface area contributed by atoms with Crippen LogP contribution < -0.4 is 10.6 Å². The zero-order chi connectivity index (χ0) is 19.1. The standard InChI is InChI=1S/C20H28N4O2/c1-5-7-13-24-15(4)19(14(3)23-24)22-20(26)16-11-8-9-12-17(16)21-18(25)10-6-2/h8-9,11-12H,5-7,10,13H2,1-4H3,(H,21,25)(H,22,26). The van der Waals surface area contributed by atoms with Gasteiger partial charge in [0.2, 0.25) is 5.91 Å².